The topological polar surface area (TPSA) is 120 Å². The quantitative estimate of drug-likeness (QED) is 0.438. The van der Waals surface area contributed by atoms with E-state index in [-0.39, 0.29) is 12.0 Å². The van der Waals surface area contributed by atoms with E-state index in [4.69, 9.17) is 9.72 Å². The second-order valence-electron chi connectivity index (χ2n) is 8.52. The molecule has 3 aromatic heterocycles. The van der Waals surface area contributed by atoms with Gasteiger partial charge in [-0.3, -0.25) is 0 Å². The van der Waals surface area contributed by atoms with Crippen LogP contribution in [0.2, 0.25) is 0 Å². The SMILES string of the molecule is CC(C)c1cnn2c(NCc3ccccc3-c3nnn(C)n3)nc(OC3CCCNC3)nc12. The third-order valence-corrected chi connectivity index (χ3v) is 5.72. The van der Waals surface area contributed by atoms with Gasteiger partial charge in [-0.1, -0.05) is 38.1 Å². The molecule has 4 aromatic rings. The van der Waals surface area contributed by atoms with E-state index in [1.807, 2.05) is 30.5 Å². The predicted octanol–water partition coefficient (Wildman–Crippen LogP) is 2.18. The molecule has 5 rings (SSSR count). The second-order valence-corrected chi connectivity index (χ2v) is 8.52. The minimum Gasteiger partial charge on any atom is -0.459 e. The Labute approximate surface area is 191 Å². The first-order chi connectivity index (χ1) is 16.1. The van der Waals surface area contributed by atoms with E-state index in [0.717, 1.165) is 48.3 Å². The highest BCUT2D eigenvalue weighted by Crippen LogP contribution is 2.25. The predicted molar refractivity (Wildman–Crippen MR) is 123 cm³/mol. The number of fused-ring (bicyclic) bond motifs is 1. The number of tetrazole rings is 1. The van der Waals surface area contributed by atoms with Crippen molar-refractivity contribution >= 4 is 11.6 Å². The van der Waals surface area contributed by atoms with Crippen LogP contribution in [0.1, 0.15) is 43.7 Å². The fourth-order valence-electron chi connectivity index (χ4n) is 3.98. The van der Waals surface area contributed by atoms with Crippen molar-refractivity contribution in [2.75, 3.05) is 18.4 Å². The molecule has 0 saturated carbocycles. The summed E-state index contributed by atoms with van der Waals surface area (Å²) in [5, 5.41) is 23.8. The fourth-order valence-corrected chi connectivity index (χ4v) is 3.98. The molecule has 1 fully saturated rings. The van der Waals surface area contributed by atoms with Crippen molar-refractivity contribution < 1.29 is 4.74 Å². The van der Waals surface area contributed by atoms with Crippen molar-refractivity contribution in [2.24, 2.45) is 7.05 Å². The first kappa shape index (κ1) is 21.3. The number of benzene rings is 1. The molecule has 0 spiro atoms. The van der Waals surface area contributed by atoms with E-state index in [2.05, 4.69) is 50.0 Å². The van der Waals surface area contributed by atoms with E-state index in [1.54, 1.807) is 11.6 Å². The summed E-state index contributed by atoms with van der Waals surface area (Å²) in [7, 11) is 1.75. The van der Waals surface area contributed by atoms with Gasteiger partial charge in [0, 0.05) is 24.2 Å². The molecule has 0 bridgehead atoms. The molecule has 1 saturated heterocycles. The lowest BCUT2D eigenvalue weighted by Crippen LogP contribution is -2.37. The first-order valence-electron chi connectivity index (χ1n) is 11.3. The minimum absolute atomic E-state index is 0.0583. The number of rotatable bonds is 7. The van der Waals surface area contributed by atoms with E-state index in [9.17, 15) is 0 Å². The molecule has 1 aliphatic heterocycles. The van der Waals surface area contributed by atoms with E-state index < -0.39 is 0 Å². The van der Waals surface area contributed by atoms with Crippen LogP contribution in [0.4, 0.5) is 5.95 Å². The number of ether oxygens (including phenoxy) is 1. The Morgan fingerprint density at radius 1 is 1.24 bits per heavy atom. The number of anilines is 1. The molecule has 1 atom stereocenters. The van der Waals surface area contributed by atoms with E-state index >= 15 is 0 Å². The monoisotopic (exact) mass is 448 g/mol. The molecule has 1 unspecified atom stereocenters. The van der Waals surface area contributed by atoms with E-state index in [0.29, 0.717) is 24.3 Å². The standard InChI is InChI=1S/C22H28N10O/c1-14(2)18-13-25-32-20(18)26-22(33-16-8-6-10-23-12-16)27-21(32)24-11-15-7-4-5-9-17(15)19-28-30-31(3)29-19/h4-5,7,9,13-14,16,23H,6,8,10-12H2,1-3H3,(H,24,26,27). The lowest BCUT2D eigenvalue weighted by molar-refractivity contribution is 0.153. The summed E-state index contributed by atoms with van der Waals surface area (Å²) in [4.78, 5) is 10.8. The molecule has 1 aromatic carbocycles. The lowest BCUT2D eigenvalue weighted by atomic mass is 10.1. The maximum atomic E-state index is 6.16. The molecule has 11 heteroatoms. The number of nitrogens with zero attached hydrogens (tertiary/aromatic N) is 8. The minimum atomic E-state index is 0.0583. The van der Waals surface area contributed by atoms with Gasteiger partial charge in [-0.15, -0.1) is 10.2 Å². The van der Waals surface area contributed by atoms with Crippen LogP contribution in [-0.2, 0) is 13.6 Å². The number of nitrogens with one attached hydrogen (secondary N) is 2. The van der Waals surface area contributed by atoms with Gasteiger partial charge in [0.25, 0.3) is 0 Å². The summed E-state index contributed by atoms with van der Waals surface area (Å²) in [5.74, 6) is 1.43. The number of hydrogen-bond donors (Lipinski definition) is 2. The summed E-state index contributed by atoms with van der Waals surface area (Å²) < 4.78 is 7.90. The van der Waals surface area contributed by atoms with Gasteiger partial charge in [0.1, 0.15) is 6.10 Å². The normalized spacial score (nSPS) is 16.4. The van der Waals surface area contributed by atoms with Crippen LogP contribution in [0.3, 0.4) is 0 Å². The number of aromatic nitrogens is 8. The molecular formula is C22H28N10O. The molecule has 4 heterocycles. The summed E-state index contributed by atoms with van der Waals surface area (Å²) in [5.41, 5.74) is 3.74. The third kappa shape index (κ3) is 4.49. The van der Waals surface area contributed by atoms with Gasteiger partial charge >= 0.3 is 6.01 Å². The maximum Gasteiger partial charge on any atom is 0.322 e. The zero-order valence-electron chi connectivity index (χ0n) is 19.1. The van der Waals surface area contributed by atoms with Gasteiger partial charge in [0.15, 0.2) is 5.65 Å². The Kier molecular flexibility index (Phi) is 5.86. The smallest absolute Gasteiger partial charge is 0.322 e. The zero-order chi connectivity index (χ0) is 22.8. The van der Waals surface area contributed by atoms with Gasteiger partial charge in [-0.25, -0.2) is 0 Å². The Balaban J connectivity index is 1.46. The van der Waals surface area contributed by atoms with Crippen LogP contribution in [0.5, 0.6) is 6.01 Å². The van der Waals surface area contributed by atoms with E-state index in [1.165, 1.54) is 4.80 Å². The molecular weight excluding hydrogens is 420 g/mol. The maximum absolute atomic E-state index is 6.16. The van der Waals surface area contributed by atoms with Crippen molar-refractivity contribution in [1.82, 2.24) is 45.1 Å². The van der Waals surface area contributed by atoms with Crippen molar-refractivity contribution in [2.45, 2.75) is 45.3 Å². The average Bonchev–Trinajstić information content (AvgIpc) is 3.45. The molecule has 0 radical (unpaired) electrons. The molecule has 1 aliphatic rings. The average molecular weight is 449 g/mol. The van der Waals surface area contributed by atoms with Crippen molar-refractivity contribution in [3.8, 4) is 17.4 Å². The van der Waals surface area contributed by atoms with Crippen molar-refractivity contribution in [3.63, 3.8) is 0 Å². The molecule has 11 nitrogen and oxygen atoms in total. The summed E-state index contributed by atoms with van der Waals surface area (Å²) in [6.07, 6.45) is 3.97. The third-order valence-electron chi connectivity index (χ3n) is 5.72. The highest BCUT2D eigenvalue weighted by molar-refractivity contribution is 5.60. The Morgan fingerprint density at radius 3 is 2.88 bits per heavy atom. The van der Waals surface area contributed by atoms with Crippen molar-refractivity contribution in [1.29, 1.82) is 0 Å². The zero-order valence-corrected chi connectivity index (χ0v) is 19.1. The number of piperidine rings is 1. The molecule has 0 aliphatic carbocycles. The highest BCUT2D eigenvalue weighted by atomic mass is 16.5. The highest BCUT2D eigenvalue weighted by Gasteiger charge is 2.20. The molecule has 0 amide bonds. The first-order valence-corrected chi connectivity index (χ1v) is 11.3. The molecule has 172 valence electrons. The van der Waals surface area contributed by atoms with Gasteiger partial charge < -0.3 is 15.4 Å². The van der Waals surface area contributed by atoms with Gasteiger partial charge in [-0.2, -0.15) is 24.4 Å². The van der Waals surface area contributed by atoms with Gasteiger partial charge in [0.05, 0.1) is 13.2 Å². The van der Waals surface area contributed by atoms with Crippen LogP contribution in [0, 0.1) is 0 Å². The Bertz CT molecular complexity index is 1240. The van der Waals surface area contributed by atoms with Crippen LogP contribution in [-0.4, -0.2) is 59.0 Å². The largest absolute Gasteiger partial charge is 0.459 e. The fraction of sp³-hybridized carbons (Fsp3) is 0.455. The Morgan fingerprint density at radius 2 is 2.12 bits per heavy atom. The van der Waals surface area contributed by atoms with Gasteiger partial charge in [-0.05, 0) is 36.1 Å². The van der Waals surface area contributed by atoms with Crippen LogP contribution in [0.25, 0.3) is 17.0 Å². The number of hydrogen-bond acceptors (Lipinski definition) is 9. The van der Waals surface area contributed by atoms with Crippen LogP contribution < -0.4 is 15.4 Å². The van der Waals surface area contributed by atoms with Crippen LogP contribution in [0.15, 0.2) is 30.5 Å². The van der Waals surface area contributed by atoms with Crippen molar-refractivity contribution in [3.05, 3.63) is 41.6 Å². The van der Waals surface area contributed by atoms with Gasteiger partial charge in [0.2, 0.25) is 11.8 Å². The lowest BCUT2D eigenvalue weighted by Gasteiger charge is -2.23. The Hall–Kier alpha value is -3.60. The summed E-state index contributed by atoms with van der Waals surface area (Å²) >= 11 is 0. The molecule has 2 N–H and O–H groups in total. The summed E-state index contributed by atoms with van der Waals surface area (Å²) in [6, 6.07) is 8.33. The second kappa shape index (κ2) is 9.10. The number of aryl methyl sites for hydroxylation is 1. The molecule has 33 heavy (non-hydrogen) atoms. The summed E-state index contributed by atoms with van der Waals surface area (Å²) in [6.45, 7) is 6.57. The van der Waals surface area contributed by atoms with Crippen LogP contribution >= 0.6 is 0 Å².